The van der Waals surface area contributed by atoms with Gasteiger partial charge < -0.3 is 15.3 Å². The molecule has 3 unspecified atom stereocenters. The Morgan fingerprint density at radius 2 is 2.20 bits per heavy atom. The van der Waals surface area contributed by atoms with Crippen molar-refractivity contribution in [1.82, 2.24) is 5.32 Å². The summed E-state index contributed by atoms with van der Waals surface area (Å²) in [7, 11) is 0. The number of thioether (sulfide) groups is 1. The Morgan fingerprint density at radius 1 is 1.50 bits per heavy atom. The van der Waals surface area contributed by atoms with E-state index < -0.39 is 17.6 Å². The highest BCUT2D eigenvalue weighted by Crippen LogP contribution is 2.39. The quantitative estimate of drug-likeness (QED) is 0.477. The number of carboxylic acids is 1. The van der Waals surface area contributed by atoms with Gasteiger partial charge >= 0.3 is 5.97 Å². The van der Waals surface area contributed by atoms with E-state index in [2.05, 4.69) is 5.32 Å². The second-order valence-corrected chi connectivity index (χ2v) is 7.01. The third-order valence-electron chi connectivity index (χ3n) is 3.88. The minimum absolute atomic E-state index is 0.140. The molecule has 0 amide bonds. The Kier molecular flexibility index (Phi) is 7.29. The molecule has 0 bridgehead atoms. The number of carbonyl (C=O) groups is 1. The lowest BCUT2D eigenvalue weighted by molar-refractivity contribution is -0.147. The Bertz CT molecular complexity index is 314. The van der Waals surface area contributed by atoms with Crippen molar-refractivity contribution in [2.45, 2.75) is 57.2 Å². The van der Waals surface area contributed by atoms with E-state index in [1.807, 2.05) is 13.8 Å². The average molecular weight is 305 g/mol. The van der Waals surface area contributed by atoms with Crippen LogP contribution in [0.15, 0.2) is 0 Å². The lowest BCUT2D eigenvalue weighted by atomic mass is 9.84. The molecule has 3 atom stereocenters. The molecule has 1 aliphatic rings. The Morgan fingerprint density at radius 3 is 2.75 bits per heavy atom. The van der Waals surface area contributed by atoms with Crippen molar-refractivity contribution in [2.75, 3.05) is 18.1 Å². The number of nitrogens with one attached hydrogen (secondary N) is 1. The maximum absolute atomic E-state index is 11.7. The first kappa shape index (κ1) is 17.8. The maximum atomic E-state index is 11.7. The van der Waals surface area contributed by atoms with Gasteiger partial charge in [0.2, 0.25) is 0 Å². The van der Waals surface area contributed by atoms with Crippen molar-refractivity contribution in [1.29, 1.82) is 0 Å². The van der Waals surface area contributed by atoms with Crippen LogP contribution in [-0.2, 0) is 4.79 Å². The molecule has 0 aromatic carbocycles. The summed E-state index contributed by atoms with van der Waals surface area (Å²) in [5.41, 5.74) is -0.787. The second-order valence-electron chi connectivity index (χ2n) is 5.86. The largest absolute Gasteiger partial charge is 0.480 e. The van der Waals surface area contributed by atoms with Crippen LogP contribution in [0.1, 0.15) is 39.5 Å². The second kappa shape index (κ2) is 8.22. The van der Waals surface area contributed by atoms with Gasteiger partial charge in [-0.3, -0.25) is 10.1 Å². The third kappa shape index (κ3) is 4.62. The van der Waals surface area contributed by atoms with Crippen molar-refractivity contribution < 1.29 is 20.1 Å². The highest BCUT2D eigenvalue weighted by atomic mass is 32.2. The topological polar surface area (TPSA) is 89.8 Å². The van der Waals surface area contributed by atoms with Gasteiger partial charge in [0.05, 0.1) is 12.7 Å². The van der Waals surface area contributed by atoms with E-state index in [9.17, 15) is 15.0 Å². The summed E-state index contributed by atoms with van der Waals surface area (Å²) in [5.74, 6) is 0.715. The van der Waals surface area contributed by atoms with Gasteiger partial charge in [-0.15, -0.1) is 0 Å². The summed E-state index contributed by atoms with van der Waals surface area (Å²) in [6.45, 7) is 3.74. The smallest absolute Gasteiger partial charge is 0.324 e. The van der Waals surface area contributed by atoms with Crippen LogP contribution in [0, 0.1) is 5.92 Å². The molecule has 1 aliphatic carbocycles. The van der Waals surface area contributed by atoms with Crippen LogP contribution >= 0.6 is 11.8 Å². The molecule has 1 rings (SSSR count). The molecule has 0 radical (unpaired) electrons. The first-order valence-corrected chi connectivity index (χ1v) is 8.45. The van der Waals surface area contributed by atoms with Gasteiger partial charge in [0, 0.05) is 11.8 Å². The van der Waals surface area contributed by atoms with Gasteiger partial charge in [0.25, 0.3) is 0 Å². The van der Waals surface area contributed by atoms with Crippen LogP contribution in [0.3, 0.4) is 0 Å². The van der Waals surface area contributed by atoms with Crippen LogP contribution in [0.4, 0.5) is 0 Å². The van der Waals surface area contributed by atoms with Crippen LogP contribution in [-0.4, -0.2) is 57.1 Å². The number of hydrogen-bond acceptors (Lipinski definition) is 5. The van der Waals surface area contributed by atoms with E-state index in [-0.39, 0.29) is 18.6 Å². The van der Waals surface area contributed by atoms with E-state index >= 15 is 0 Å². The Labute approximate surface area is 125 Å². The number of carboxylic acid groups (broad SMARTS) is 1. The predicted octanol–water partition coefficient (Wildman–Crippen LogP) is 1.08. The highest BCUT2D eigenvalue weighted by Gasteiger charge is 2.48. The first-order chi connectivity index (χ1) is 9.42. The zero-order valence-corrected chi connectivity index (χ0v) is 13.2. The van der Waals surface area contributed by atoms with Crippen LogP contribution < -0.4 is 5.32 Å². The lowest BCUT2D eigenvalue weighted by Crippen LogP contribution is -2.57. The van der Waals surface area contributed by atoms with Crippen molar-refractivity contribution in [2.24, 2.45) is 5.92 Å². The molecule has 5 nitrogen and oxygen atoms in total. The zero-order chi connectivity index (χ0) is 15.2. The summed E-state index contributed by atoms with van der Waals surface area (Å²) < 4.78 is 0. The fourth-order valence-electron chi connectivity index (χ4n) is 3.01. The van der Waals surface area contributed by atoms with Gasteiger partial charge in [-0.2, -0.15) is 11.8 Å². The third-order valence-corrected chi connectivity index (χ3v) is 5.02. The molecule has 1 fully saturated rings. The molecule has 20 heavy (non-hydrogen) atoms. The van der Waals surface area contributed by atoms with E-state index in [1.54, 1.807) is 11.8 Å². The minimum atomic E-state index is -0.787. The normalized spacial score (nSPS) is 27.9. The van der Waals surface area contributed by atoms with Crippen molar-refractivity contribution in [3.8, 4) is 0 Å². The van der Waals surface area contributed by atoms with Crippen LogP contribution in [0.2, 0.25) is 0 Å². The molecule has 0 spiro atoms. The van der Waals surface area contributed by atoms with Gasteiger partial charge in [0.15, 0.2) is 0 Å². The summed E-state index contributed by atoms with van der Waals surface area (Å²) in [6.07, 6.45) is 2.72. The first-order valence-electron chi connectivity index (χ1n) is 7.30. The molecule has 0 saturated heterocycles. The summed E-state index contributed by atoms with van der Waals surface area (Å²) in [6, 6.07) is 0.149. The van der Waals surface area contributed by atoms with E-state index in [0.29, 0.717) is 12.2 Å². The molecule has 4 N–H and O–H groups in total. The van der Waals surface area contributed by atoms with Gasteiger partial charge in [-0.25, -0.2) is 0 Å². The van der Waals surface area contributed by atoms with Crippen molar-refractivity contribution >= 4 is 17.7 Å². The van der Waals surface area contributed by atoms with E-state index in [0.717, 1.165) is 25.0 Å². The van der Waals surface area contributed by atoms with Gasteiger partial charge in [-0.1, -0.05) is 6.42 Å². The zero-order valence-electron chi connectivity index (χ0n) is 12.3. The molecule has 0 aromatic rings. The van der Waals surface area contributed by atoms with Crippen LogP contribution in [0.25, 0.3) is 0 Å². The van der Waals surface area contributed by atoms with Crippen molar-refractivity contribution in [3.05, 3.63) is 0 Å². The molecular weight excluding hydrogens is 278 g/mol. The maximum Gasteiger partial charge on any atom is 0.324 e. The highest BCUT2D eigenvalue weighted by molar-refractivity contribution is 7.99. The molecule has 6 heteroatoms. The Hall–Kier alpha value is -0.300. The summed E-state index contributed by atoms with van der Waals surface area (Å²) in [5, 5.41) is 30.9. The van der Waals surface area contributed by atoms with Crippen LogP contribution in [0.5, 0.6) is 0 Å². The summed E-state index contributed by atoms with van der Waals surface area (Å²) in [4.78, 5) is 11.7. The number of hydrogen-bond donors (Lipinski definition) is 4. The standard InChI is InChI=1S/C14H27NO4S/c1-10(2)15-14(13(18)19)6-3-4-11(14)5-7-20-9-12(17)8-16/h10-12,15-17H,3-9H2,1-2H3,(H,18,19). The Balaban J connectivity index is 2.51. The van der Waals surface area contributed by atoms with Gasteiger partial charge in [-0.05, 0) is 44.8 Å². The molecule has 118 valence electrons. The predicted molar refractivity (Wildman–Crippen MR) is 81.0 cm³/mol. The SMILES string of the molecule is CC(C)NC1(C(=O)O)CCCC1CCSCC(O)CO. The lowest BCUT2D eigenvalue weighted by Gasteiger charge is -2.34. The fraction of sp³-hybridized carbons (Fsp3) is 0.929. The van der Waals surface area contributed by atoms with E-state index in [1.165, 1.54) is 0 Å². The minimum Gasteiger partial charge on any atom is -0.480 e. The molecule has 0 aliphatic heterocycles. The number of aliphatic carboxylic acids is 1. The fourth-order valence-corrected chi connectivity index (χ4v) is 4.01. The molecule has 1 saturated carbocycles. The summed E-state index contributed by atoms with van der Waals surface area (Å²) >= 11 is 1.57. The molecule has 0 aromatic heterocycles. The average Bonchev–Trinajstić information content (AvgIpc) is 2.77. The monoisotopic (exact) mass is 305 g/mol. The number of aliphatic hydroxyl groups excluding tert-OH is 2. The molecular formula is C14H27NO4S. The van der Waals surface area contributed by atoms with E-state index in [4.69, 9.17) is 5.11 Å². The number of aliphatic hydroxyl groups is 2. The van der Waals surface area contributed by atoms with Crippen molar-refractivity contribution in [3.63, 3.8) is 0 Å². The number of rotatable bonds is 9. The molecule has 0 heterocycles. The van der Waals surface area contributed by atoms with Gasteiger partial charge in [0.1, 0.15) is 5.54 Å².